The third-order valence-electron chi connectivity index (χ3n) is 2.97. The van der Waals surface area contributed by atoms with E-state index in [2.05, 4.69) is 55.7 Å². The molecule has 2 N–H and O–H groups in total. The molecule has 0 aliphatic carbocycles. The van der Waals surface area contributed by atoms with Gasteiger partial charge < -0.3 is 10.6 Å². The van der Waals surface area contributed by atoms with E-state index in [9.17, 15) is 4.79 Å². The van der Waals surface area contributed by atoms with Crippen molar-refractivity contribution < 1.29 is 4.79 Å². The summed E-state index contributed by atoms with van der Waals surface area (Å²) in [5, 5.41) is 5.80. The van der Waals surface area contributed by atoms with Crippen LogP contribution < -0.4 is 10.6 Å². The van der Waals surface area contributed by atoms with Crippen LogP contribution in [0.3, 0.4) is 0 Å². The van der Waals surface area contributed by atoms with E-state index < -0.39 is 0 Å². The molecule has 0 heterocycles. The van der Waals surface area contributed by atoms with E-state index in [1.807, 2.05) is 0 Å². The van der Waals surface area contributed by atoms with Crippen LogP contribution in [0.2, 0.25) is 0 Å². The second-order valence-electron chi connectivity index (χ2n) is 5.12. The number of carbonyl (C=O) groups is 1. The second kappa shape index (κ2) is 7.17. The van der Waals surface area contributed by atoms with Crippen molar-refractivity contribution in [2.45, 2.75) is 33.2 Å². The van der Waals surface area contributed by atoms with Gasteiger partial charge in [-0.15, -0.1) is 0 Å². The van der Waals surface area contributed by atoms with Crippen molar-refractivity contribution in [2.75, 3.05) is 13.6 Å². The maximum atomic E-state index is 11.1. The van der Waals surface area contributed by atoms with Gasteiger partial charge in [-0.2, -0.15) is 0 Å². The normalized spacial score (nSPS) is 12.5. The third kappa shape index (κ3) is 4.88. The van der Waals surface area contributed by atoms with Gasteiger partial charge in [0.2, 0.25) is 5.91 Å². The molecule has 0 aliphatic heterocycles. The lowest BCUT2D eigenvalue weighted by atomic mass is 10.00. The molecule has 0 bridgehead atoms. The summed E-state index contributed by atoms with van der Waals surface area (Å²) in [4.78, 5) is 11.1. The maximum Gasteiger partial charge on any atom is 0.233 e. The van der Waals surface area contributed by atoms with Crippen LogP contribution in [-0.4, -0.2) is 19.5 Å². The van der Waals surface area contributed by atoms with Gasteiger partial charge in [0.1, 0.15) is 0 Å². The van der Waals surface area contributed by atoms with Crippen LogP contribution >= 0.6 is 0 Å². The molecule has 1 aromatic rings. The predicted molar refractivity (Wildman–Crippen MR) is 75.5 cm³/mol. The first-order valence-corrected chi connectivity index (χ1v) is 6.55. The standard InChI is InChI=1S/C15H24N2O/c1-11(2)9-13-5-7-14(8-6-13)12(3)17-10-15(18)16-4/h5-8,11-12,17H,9-10H2,1-4H3,(H,16,18). The highest BCUT2D eigenvalue weighted by molar-refractivity contribution is 5.77. The number of likely N-dealkylation sites (N-methyl/N-ethyl adjacent to an activating group) is 1. The van der Waals surface area contributed by atoms with Crippen LogP contribution in [0.15, 0.2) is 24.3 Å². The first-order chi connectivity index (χ1) is 8.52. The Kier molecular flexibility index (Phi) is 5.86. The first-order valence-electron chi connectivity index (χ1n) is 6.55. The summed E-state index contributed by atoms with van der Waals surface area (Å²) in [6.07, 6.45) is 1.11. The minimum Gasteiger partial charge on any atom is -0.358 e. The molecule has 0 saturated carbocycles. The van der Waals surface area contributed by atoms with Crippen molar-refractivity contribution in [3.8, 4) is 0 Å². The number of hydrogen-bond acceptors (Lipinski definition) is 2. The Bertz CT molecular complexity index is 371. The van der Waals surface area contributed by atoms with Crippen LogP contribution in [0.1, 0.15) is 37.9 Å². The van der Waals surface area contributed by atoms with Crippen LogP contribution in [0.5, 0.6) is 0 Å². The van der Waals surface area contributed by atoms with Gasteiger partial charge in [-0.25, -0.2) is 0 Å². The van der Waals surface area contributed by atoms with Crippen LogP contribution in [0.25, 0.3) is 0 Å². The van der Waals surface area contributed by atoms with E-state index in [4.69, 9.17) is 0 Å². The second-order valence-corrected chi connectivity index (χ2v) is 5.12. The predicted octanol–water partition coefficient (Wildman–Crippen LogP) is 2.28. The van der Waals surface area contributed by atoms with Crippen molar-refractivity contribution >= 4 is 5.91 Å². The van der Waals surface area contributed by atoms with Gasteiger partial charge in [0.25, 0.3) is 0 Å². The highest BCUT2D eigenvalue weighted by Gasteiger charge is 2.07. The summed E-state index contributed by atoms with van der Waals surface area (Å²) in [5.74, 6) is 0.693. The number of amides is 1. The molecule has 1 amide bonds. The Balaban J connectivity index is 2.53. The third-order valence-corrected chi connectivity index (χ3v) is 2.97. The zero-order valence-electron chi connectivity index (χ0n) is 11.8. The molecule has 18 heavy (non-hydrogen) atoms. The molecule has 0 radical (unpaired) electrons. The SMILES string of the molecule is CNC(=O)CNC(C)c1ccc(CC(C)C)cc1. The number of rotatable bonds is 6. The minimum atomic E-state index is 0.0123. The molecule has 0 aromatic heterocycles. The Hall–Kier alpha value is -1.35. The zero-order chi connectivity index (χ0) is 13.5. The fourth-order valence-corrected chi connectivity index (χ4v) is 1.87. The van der Waals surface area contributed by atoms with E-state index in [0.717, 1.165) is 6.42 Å². The molecule has 1 unspecified atom stereocenters. The molecule has 0 fully saturated rings. The molecule has 3 nitrogen and oxygen atoms in total. The summed E-state index contributed by atoms with van der Waals surface area (Å²) in [6, 6.07) is 8.81. The van der Waals surface area contributed by atoms with Crippen LogP contribution in [0, 0.1) is 5.92 Å². The van der Waals surface area contributed by atoms with Crippen molar-refractivity contribution in [2.24, 2.45) is 5.92 Å². The molecule has 0 saturated heterocycles. The lowest BCUT2D eigenvalue weighted by Crippen LogP contribution is -2.32. The van der Waals surface area contributed by atoms with E-state index in [1.54, 1.807) is 7.05 Å². The van der Waals surface area contributed by atoms with Gasteiger partial charge in [-0.3, -0.25) is 4.79 Å². The van der Waals surface area contributed by atoms with Crippen molar-refractivity contribution in [1.29, 1.82) is 0 Å². The van der Waals surface area contributed by atoms with E-state index >= 15 is 0 Å². The van der Waals surface area contributed by atoms with Crippen molar-refractivity contribution in [1.82, 2.24) is 10.6 Å². The lowest BCUT2D eigenvalue weighted by molar-refractivity contribution is -0.119. The molecule has 0 spiro atoms. The molecule has 0 aliphatic rings. The monoisotopic (exact) mass is 248 g/mol. The topological polar surface area (TPSA) is 41.1 Å². The summed E-state index contributed by atoms with van der Waals surface area (Å²) in [7, 11) is 1.65. The van der Waals surface area contributed by atoms with Gasteiger partial charge in [0.05, 0.1) is 6.54 Å². The van der Waals surface area contributed by atoms with Crippen molar-refractivity contribution in [3.05, 3.63) is 35.4 Å². The number of carbonyl (C=O) groups excluding carboxylic acids is 1. The fourth-order valence-electron chi connectivity index (χ4n) is 1.87. The molecule has 3 heteroatoms. The van der Waals surface area contributed by atoms with E-state index in [1.165, 1.54) is 11.1 Å². The summed E-state index contributed by atoms with van der Waals surface area (Å²) < 4.78 is 0. The molecule has 1 atom stereocenters. The summed E-state index contributed by atoms with van der Waals surface area (Å²) in [5.41, 5.74) is 2.58. The van der Waals surface area contributed by atoms with Gasteiger partial charge >= 0.3 is 0 Å². The largest absolute Gasteiger partial charge is 0.358 e. The van der Waals surface area contributed by atoms with Gasteiger partial charge in [-0.1, -0.05) is 38.1 Å². The average Bonchev–Trinajstić information content (AvgIpc) is 2.35. The first kappa shape index (κ1) is 14.7. The van der Waals surface area contributed by atoms with E-state index in [-0.39, 0.29) is 11.9 Å². The van der Waals surface area contributed by atoms with Crippen molar-refractivity contribution in [3.63, 3.8) is 0 Å². The van der Waals surface area contributed by atoms with Gasteiger partial charge in [-0.05, 0) is 30.4 Å². The van der Waals surface area contributed by atoms with Gasteiger partial charge in [0, 0.05) is 13.1 Å². The quantitative estimate of drug-likeness (QED) is 0.811. The smallest absolute Gasteiger partial charge is 0.233 e. The Morgan fingerprint density at radius 2 is 1.78 bits per heavy atom. The molecular weight excluding hydrogens is 224 g/mol. The number of nitrogens with one attached hydrogen (secondary N) is 2. The van der Waals surface area contributed by atoms with E-state index in [0.29, 0.717) is 12.5 Å². The van der Waals surface area contributed by atoms with Crippen LogP contribution in [0.4, 0.5) is 0 Å². The molecule has 100 valence electrons. The Labute approximate surface area is 110 Å². The van der Waals surface area contributed by atoms with Crippen LogP contribution in [-0.2, 0) is 11.2 Å². The Morgan fingerprint density at radius 1 is 1.17 bits per heavy atom. The Morgan fingerprint density at radius 3 is 2.28 bits per heavy atom. The fraction of sp³-hybridized carbons (Fsp3) is 0.533. The molecular formula is C15H24N2O. The zero-order valence-corrected chi connectivity index (χ0v) is 11.8. The summed E-state index contributed by atoms with van der Waals surface area (Å²) >= 11 is 0. The highest BCUT2D eigenvalue weighted by atomic mass is 16.1. The minimum absolute atomic E-state index is 0.0123. The lowest BCUT2D eigenvalue weighted by Gasteiger charge is -2.14. The highest BCUT2D eigenvalue weighted by Crippen LogP contribution is 2.15. The molecule has 1 rings (SSSR count). The van der Waals surface area contributed by atoms with Gasteiger partial charge in [0.15, 0.2) is 0 Å². The average molecular weight is 248 g/mol. The molecule has 1 aromatic carbocycles. The number of benzene rings is 1. The maximum absolute atomic E-state index is 11.1. The summed E-state index contributed by atoms with van der Waals surface area (Å²) in [6.45, 7) is 6.87. The number of hydrogen-bond donors (Lipinski definition) is 2.